The van der Waals surface area contributed by atoms with Crippen LogP contribution < -0.4 is 20.1 Å². The molecule has 3 rings (SSSR count). The van der Waals surface area contributed by atoms with Crippen molar-refractivity contribution < 1.29 is 19.1 Å². The second-order valence-electron chi connectivity index (χ2n) is 9.87. The summed E-state index contributed by atoms with van der Waals surface area (Å²) in [7, 11) is 3.21. The van der Waals surface area contributed by atoms with Crippen molar-refractivity contribution in [3.05, 3.63) is 59.7 Å². The lowest BCUT2D eigenvalue weighted by Gasteiger charge is -2.47. The summed E-state index contributed by atoms with van der Waals surface area (Å²) in [6.07, 6.45) is 2.68. The minimum absolute atomic E-state index is 0.0382. The van der Waals surface area contributed by atoms with Crippen LogP contribution in [0, 0.1) is 10.8 Å². The van der Waals surface area contributed by atoms with E-state index in [2.05, 4.69) is 31.4 Å². The molecule has 32 heavy (non-hydrogen) atoms. The first-order valence-corrected chi connectivity index (χ1v) is 11.0. The molecule has 2 aromatic carbocycles. The number of carbonyl (C=O) groups is 2. The van der Waals surface area contributed by atoms with Crippen molar-refractivity contribution >= 4 is 11.8 Å². The zero-order chi connectivity index (χ0) is 23.4. The Balaban J connectivity index is 1.63. The van der Waals surface area contributed by atoms with Crippen molar-refractivity contribution in [2.45, 2.75) is 46.1 Å². The molecule has 1 aliphatic rings. The third-order valence-corrected chi connectivity index (χ3v) is 6.16. The van der Waals surface area contributed by atoms with Crippen molar-refractivity contribution in [2.75, 3.05) is 20.8 Å². The first kappa shape index (κ1) is 23.6. The zero-order valence-electron chi connectivity index (χ0n) is 19.7. The van der Waals surface area contributed by atoms with Crippen LogP contribution in [0.2, 0.25) is 0 Å². The summed E-state index contributed by atoms with van der Waals surface area (Å²) >= 11 is 0. The van der Waals surface area contributed by atoms with E-state index in [9.17, 15) is 9.59 Å². The molecule has 0 spiro atoms. The van der Waals surface area contributed by atoms with E-state index in [1.165, 1.54) is 0 Å². The van der Waals surface area contributed by atoms with Crippen LogP contribution in [-0.4, -0.2) is 38.6 Å². The molecule has 1 aliphatic carbocycles. The molecular weight excluding hydrogens is 404 g/mol. The highest BCUT2D eigenvalue weighted by Gasteiger charge is 2.42. The van der Waals surface area contributed by atoms with Gasteiger partial charge in [-0.3, -0.25) is 9.59 Å². The maximum atomic E-state index is 12.8. The number of hydrogen-bond donors (Lipinski definition) is 2. The summed E-state index contributed by atoms with van der Waals surface area (Å²) in [6.45, 7) is 7.19. The highest BCUT2D eigenvalue weighted by Crippen LogP contribution is 2.45. The molecule has 6 heteroatoms. The number of benzene rings is 2. The summed E-state index contributed by atoms with van der Waals surface area (Å²) < 4.78 is 10.3. The number of nitrogens with one attached hydrogen (secondary N) is 2. The molecule has 0 heterocycles. The molecule has 6 nitrogen and oxygen atoms in total. The van der Waals surface area contributed by atoms with E-state index in [0.29, 0.717) is 17.7 Å². The van der Waals surface area contributed by atoms with Crippen LogP contribution in [0.15, 0.2) is 48.5 Å². The molecule has 2 N–H and O–H groups in total. The van der Waals surface area contributed by atoms with Crippen LogP contribution >= 0.6 is 0 Å². The minimum atomic E-state index is -0.123. The predicted molar refractivity (Wildman–Crippen MR) is 125 cm³/mol. The number of hydrogen-bond acceptors (Lipinski definition) is 4. The molecule has 2 atom stereocenters. The quantitative estimate of drug-likeness (QED) is 0.670. The van der Waals surface area contributed by atoms with E-state index in [1.54, 1.807) is 62.8 Å². The van der Waals surface area contributed by atoms with Gasteiger partial charge in [-0.1, -0.05) is 20.8 Å². The largest absolute Gasteiger partial charge is 0.497 e. The van der Waals surface area contributed by atoms with Gasteiger partial charge in [-0.05, 0) is 78.6 Å². The van der Waals surface area contributed by atoms with Crippen molar-refractivity contribution in [1.82, 2.24) is 10.6 Å². The number of methoxy groups -OCH3 is 2. The maximum Gasteiger partial charge on any atom is 0.251 e. The van der Waals surface area contributed by atoms with Crippen LogP contribution in [0.25, 0.3) is 0 Å². The standard InChI is InChI=1S/C26H34N2O4/c1-25(2)14-20(28-24(30)19-8-12-22(32-5)13-9-19)15-26(3,16-25)17-27-23(29)18-6-10-21(31-4)11-7-18/h6-13,20H,14-17H2,1-5H3,(H,27,29)(H,28,30)/t20-,26-/m0/s1. The average molecular weight is 439 g/mol. The Labute approximate surface area is 190 Å². The van der Waals surface area contributed by atoms with Gasteiger partial charge in [0, 0.05) is 23.7 Å². The Morgan fingerprint density at radius 1 is 0.844 bits per heavy atom. The first-order valence-electron chi connectivity index (χ1n) is 11.0. The summed E-state index contributed by atoms with van der Waals surface area (Å²) in [5.74, 6) is 1.26. The predicted octanol–water partition coefficient (Wildman–Crippen LogP) is 4.45. The van der Waals surface area contributed by atoms with Gasteiger partial charge < -0.3 is 20.1 Å². The smallest absolute Gasteiger partial charge is 0.251 e. The highest BCUT2D eigenvalue weighted by molar-refractivity contribution is 5.95. The third kappa shape index (κ3) is 6.02. The van der Waals surface area contributed by atoms with Gasteiger partial charge in [0.05, 0.1) is 14.2 Å². The fraction of sp³-hybridized carbons (Fsp3) is 0.462. The van der Waals surface area contributed by atoms with Crippen molar-refractivity contribution in [3.8, 4) is 11.5 Å². The van der Waals surface area contributed by atoms with E-state index < -0.39 is 0 Å². The van der Waals surface area contributed by atoms with Crippen molar-refractivity contribution in [1.29, 1.82) is 0 Å². The van der Waals surface area contributed by atoms with Crippen LogP contribution in [0.3, 0.4) is 0 Å². The van der Waals surface area contributed by atoms with E-state index in [-0.39, 0.29) is 28.7 Å². The zero-order valence-corrected chi connectivity index (χ0v) is 19.7. The monoisotopic (exact) mass is 438 g/mol. The molecule has 2 amide bonds. The lowest BCUT2D eigenvalue weighted by atomic mass is 9.62. The van der Waals surface area contributed by atoms with Gasteiger partial charge in [0.2, 0.25) is 0 Å². The van der Waals surface area contributed by atoms with E-state index in [1.807, 2.05) is 0 Å². The Morgan fingerprint density at radius 3 is 1.84 bits per heavy atom. The van der Waals surface area contributed by atoms with E-state index >= 15 is 0 Å². The van der Waals surface area contributed by atoms with Crippen LogP contribution in [0.1, 0.15) is 60.7 Å². The van der Waals surface area contributed by atoms with Crippen LogP contribution in [-0.2, 0) is 0 Å². The molecule has 0 unspecified atom stereocenters. The minimum Gasteiger partial charge on any atom is -0.497 e. The Morgan fingerprint density at radius 2 is 1.34 bits per heavy atom. The molecule has 0 bridgehead atoms. The van der Waals surface area contributed by atoms with Gasteiger partial charge in [-0.15, -0.1) is 0 Å². The molecule has 0 aliphatic heterocycles. The summed E-state index contributed by atoms with van der Waals surface area (Å²) in [4.78, 5) is 25.5. The number of ether oxygens (including phenoxy) is 2. The Kier molecular flexibility index (Phi) is 7.12. The fourth-order valence-corrected chi connectivity index (χ4v) is 5.02. The summed E-state index contributed by atoms with van der Waals surface area (Å²) in [5.41, 5.74) is 1.15. The van der Waals surface area contributed by atoms with Gasteiger partial charge in [-0.2, -0.15) is 0 Å². The molecule has 172 valence electrons. The number of carbonyl (C=O) groups excluding carboxylic acids is 2. The fourth-order valence-electron chi connectivity index (χ4n) is 5.02. The molecule has 1 fully saturated rings. The lowest BCUT2D eigenvalue weighted by molar-refractivity contribution is 0.0592. The Bertz CT molecular complexity index is 937. The summed E-state index contributed by atoms with van der Waals surface area (Å²) in [5, 5.41) is 6.31. The van der Waals surface area contributed by atoms with E-state index in [4.69, 9.17) is 9.47 Å². The lowest BCUT2D eigenvalue weighted by Crippen LogP contribution is -2.50. The first-order chi connectivity index (χ1) is 15.1. The second-order valence-corrected chi connectivity index (χ2v) is 9.87. The van der Waals surface area contributed by atoms with Gasteiger partial charge in [0.1, 0.15) is 11.5 Å². The third-order valence-electron chi connectivity index (χ3n) is 6.16. The second kappa shape index (κ2) is 9.63. The molecule has 1 saturated carbocycles. The topological polar surface area (TPSA) is 76.7 Å². The molecule has 0 saturated heterocycles. The van der Waals surface area contributed by atoms with Gasteiger partial charge in [0.15, 0.2) is 0 Å². The average Bonchev–Trinajstić information content (AvgIpc) is 2.76. The SMILES string of the molecule is COc1ccc(C(=O)NC[C@@]2(C)C[C@@H](NC(=O)c3ccc(OC)cc3)CC(C)(C)C2)cc1. The van der Waals surface area contributed by atoms with Crippen molar-refractivity contribution in [3.63, 3.8) is 0 Å². The van der Waals surface area contributed by atoms with Crippen molar-refractivity contribution in [2.24, 2.45) is 10.8 Å². The van der Waals surface area contributed by atoms with Crippen LogP contribution in [0.4, 0.5) is 0 Å². The van der Waals surface area contributed by atoms with Gasteiger partial charge in [-0.25, -0.2) is 0 Å². The Hall–Kier alpha value is -3.02. The maximum absolute atomic E-state index is 12.8. The van der Waals surface area contributed by atoms with Gasteiger partial charge >= 0.3 is 0 Å². The number of rotatable bonds is 7. The molecule has 0 aromatic heterocycles. The summed E-state index contributed by atoms with van der Waals surface area (Å²) in [6, 6.07) is 14.3. The molecule has 2 aromatic rings. The van der Waals surface area contributed by atoms with Crippen LogP contribution in [0.5, 0.6) is 11.5 Å². The van der Waals surface area contributed by atoms with Gasteiger partial charge in [0.25, 0.3) is 11.8 Å². The normalized spacial score (nSPS) is 22.0. The van der Waals surface area contributed by atoms with E-state index in [0.717, 1.165) is 30.8 Å². The molecule has 0 radical (unpaired) electrons. The molecular formula is C26H34N2O4. The highest BCUT2D eigenvalue weighted by atomic mass is 16.5. The number of amides is 2.